The zero-order valence-electron chi connectivity index (χ0n) is 20.1. The Morgan fingerprint density at radius 2 is 1.50 bits per heavy atom. The molecule has 0 aromatic heterocycles. The third kappa shape index (κ3) is 7.59. The van der Waals surface area contributed by atoms with Crippen LogP contribution in [0.1, 0.15) is 52.2 Å². The molecule has 0 spiro atoms. The number of aryl methyl sites for hydroxylation is 1. The molecule has 0 aliphatic rings. The van der Waals surface area contributed by atoms with Crippen LogP contribution in [-0.4, -0.2) is 42.0 Å². The van der Waals surface area contributed by atoms with Gasteiger partial charge in [0.25, 0.3) is 5.91 Å². The summed E-state index contributed by atoms with van der Waals surface area (Å²) >= 11 is 0. The van der Waals surface area contributed by atoms with Gasteiger partial charge in [-0.25, -0.2) is 0 Å². The second kappa shape index (κ2) is 11.6. The van der Waals surface area contributed by atoms with Gasteiger partial charge in [0.1, 0.15) is 17.5 Å². The molecule has 2 aromatic carbocycles. The second-order valence-corrected chi connectivity index (χ2v) is 8.82. The Hall–Kier alpha value is -3.02. The standard InChI is InChI=1S/C26H36N2O4/c1-7-19-9-15-22(16-10-19)32-18-24(29)28(17-20-11-13-21(31-6)14-12-20)23(8-2)25(30)27-26(3,4)5/h9-16,23H,7-8,17-18H2,1-6H3,(H,27,30). The van der Waals surface area contributed by atoms with Crippen molar-refractivity contribution in [1.29, 1.82) is 0 Å². The number of hydrogen-bond acceptors (Lipinski definition) is 4. The van der Waals surface area contributed by atoms with Crippen molar-refractivity contribution in [3.05, 3.63) is 59.7 Å². The molecule has 1 unspecified atom stereocenters. The molecule has 2 amide bonds. The van der Waals surface area contributed by atoms with Crippen molar-refractivity contribution in [3.63, 3.8) is 0 Å². The maximum absolute atomic E-state index is 13.2. The maximum Gasteiger partial charge on any atom is 0.261 e. The Bertz CT molecular complexity index is 870. The van der Waals surface area contributed by atoms with Crippen molar-refractivity contribution < 1.29 is 19.1 Å². The summed E-state index contributed by atoms with van der Waals surface area (Å²) in [7, 11) is 1.61. The minimum atomic E-state index is -0.602. The molecule has 0 radical (unpaired) electrons. The number of carbonyl (C=O) groups is 2. The fourth-order valence-electron chi connectivity index (χ4n) is 3.35. The van der Waals surface area contributed by atoms with Crippen molar-refractivity contribution in [2.45, 2.75) is 65.6 Å². The molecule has 2 rings (SSSR count). The molecule has 1 N–H and O–H groups in total. The average Bonchev–Trinajstić information content (AvgIpc) is 2.77. The van der Waals surface area contributed by atoms with Crippen LogP contribution in [0.25, 0.3) is 0 Å². The summed E-state index contributed by atoms with van der Waals surface area (Å²) < 4.78 is 11.0. The molecule has 32 heavy (non-hydrogen) atoms. The Kier molecular flexibility index (Phi) is 9.12. The third-order valence-corrected chi connectivity index (χ3v) is 5.09. The first kappa shape index (κ1) is 25.2. The molecule has 0 saturated carbocycles. The number of methoxy groups -OCH3 is 1. The highest BCUT2D eigenvalue weighted by Crippen LogP contribution is 2.18. The van der Waals surface area contributed by atoms with E-state index in [1.807, 2.05) is 76.2 Å². The van der Waals surface area contributed by atoms with Crippen LogP contribution in [0.4, 0.5) is 0 Å². The normalized spacial score (nSPS) is 12.1. The number of carbonyl (C=O) groups excluding carboxylic acids is 2. The predicted octanol–water partition coefficient (Wildman–Crippen LogP) is 4.36. The largest absolute Gasteiger partial charge is 0.497 e. The summed E-state index contributed by atoms with van der Waals surface area (Å²) in [6, 6.07) is 14.6. The summed E-state index contributed by atoms with van der Waals surface area (Å²) in [5.41, 5.74) is 1.72. The number of nitrogens with zero attached hydrogens (tertiary/aromatic N) is 1. The van der Waals surface area contributed by atoms with Crippen LogP contribution < -0.4 is 14.8 Å². The lowest BCUT2D eigenvalue weighted by Gasteiger charge is -2.33. The zero-order valence-corrected chi connectivity index (χ0v) is 20.1. The van der Waals surface area contributed by atoms with Gasteiger partial charge in [0, 0.05) is 12.1 Å². The van der Waals surface area contributed by atoms with Gasteiger partial charge in [0.05, 0.1) is 7.11 Å². The Balaban J connectivity index is 2.21. The van der Waals surface area contributed by atoms with Crippen molar-refractivity contribution >= 4 is 11.8 Å². The Morgan fingerprint density at radius 3 is 2.00 bits per heavy atom. The first-order valence-electron chi connectivity index (χ1n) is 11.1. The molecule has 1 atom stereocenters. The van der Waals surface area contributed by atoms with E-state index in [1.54, 1.807) is 12.0 Å². The summed E-state index contributed by atoms with van der Waals surface area (Å²) in [6.45, 7) is 9.94. The van der Waals surface area contributed by atoms with Gasteiger partial charge >= 0.3 is 0 Å². The van der Waals surface area contributed by atoms with Crippen LogP contribution in [0, 0.1) is 0 Å². The lowest BCUT2D eigenvalue weighted by molar-refractivity contribution is -0.143. The van der Waals surface area contributed by atoms with Gasteiger partial charge in [-0.05, 0) is 69.0 Å². The molecular weight excluding hydrogens is 404 g/mol. The minimum Gasteiger partial charge on any atom is -0.497 e. The first-order chi connectivity index (χ1) is 15.2. The highest BCUT2D eigenvalue weighted by Gasteiger charge is 2.30. The lowest BCUT2D eigenvalue weighted by atomic mass is 10.1. The SMILES string of the molecule is CCc1ccc(OCC(=O)N(Cc2ccc(OC)cc2)C(CC)C(=O)NC(C)(C)C)cc1. The number of benzene rings is 2. The van der Waals surface area contributed by atoms with Crippen molar-refractivity contribution in [1.82, 2.24) is 10.2 Å². The average molecular weight is 441 g/mol. The number of amides is 2. The van der Waals surface area contributed by atoms with Crippen LogP contribution in [0.2, 0.25) is 0 Å². The second-order valence-electron chi connectivity index (χ2n) is 8.82. The first-order valence-corrected chi connectivity index (χ1v) is 11.1. The summed E-state index contributed by atoms with van der Waals surface area (Å²) in [5, 5.41) is 3.00. The van der Waals surface area contributed by atoms with E-state index in [9.17, 15) is 9.59 Å². The van der Waals surface area contributed by atoms with Crippen LogP contribution in [-0.2, 0) is 22.6 Å². The van der Waals surface area contributed by atoms with E-state index in [2.05, 4.69) is 12.2 Å². The molecule has 0 heterocycles. The van der Waals surface area contributed by atoms with E-state index in [-0.39, 0.29) is 18.4 Å². The van der Waals surface area contributed by atoms with Gasteiger partial charge in [-0.15, -0.1) is 0 Å². The highest BCUT2D eigenvalue weighted by molar-refractivity contribution is 5.88. The highest BCUT2D eigenvalue weighted by atomic mass is 16.5. The predicted molar refractivity (Wildman–Crippen MR) is 127 cm³/mol. The number of ether oxygens (including phenoxy) is 2. The fraction of sp³-hybridized carbons (Fsp3) is 0.462. The van der Waals surface area contributed by atoms with Gasteiger partial charge in [0.2, 0.25) is 5.91 Å². The smallest absolute Gasteiger partial charge is 0.261 e. The number of nitrogens with one attached hydrogen (secondary N) is 1. The van der Waals surface area contributed by atoms with Crippen LogP contribution in [0.3, 0.4) is 0 Å². The molecule has 0 aliphatic heterocycles. The van der Waals surface area contributed by atoms with E-state index in [4.69, 9.17) is 9.47 Å². The maximum atomic E-state index is 13.2. The van der Waals surface area contributed by atoms with Crippen LogP contribution >= 0.6 is 0 Å². The number of hydrogen-bond donors (Lipinski definition) is 1. The molecule has 174 valence electrons. The monoisotopic (exact) mass is 440 g/mol. The van der Waals surface area contributed by atoms with E-state index >= 15 is 0 Å². The van der Waals surface area contributed by atoms with Gasteiger partial charge in [-0.2, -0.15) is 0 Å². The van der Waals surface area contributed by atoms with Gasteiger partial charge in [-0.1, -0.05) is 38.1 Å². The summed E-state index contributed by atoms with van der Waals surface area (Å²) in [6.07, 6.45) is 1.44. The zero-order chi connectivity index (χ0) is 23.7. The molecule has 2 aromatic rings. The Labute approximate surface area is 191 Å². The molecule has 0 aliphatic carbocycles. The van der Waals surface area contributed by atoms with Crippen molar-refractivity contribution in [3.8, 4) is 11.5 Å². The molecule has 6 heteroatoms. The van der Waals surface area contributed by atoms with Gasteiger partial charge in [0.15, 0.2) is 6.61 Å². The molecule has 0 saturated heterocycles. The molecule has 0 fully saturated rings. The van der Waals surface area contributed by atoms with E-state index in [0.29, 0.717) is 18.7 Å². The Morgan fingerprint density at radius 1 is 0.938 bits per heavy atom. The third-order valence-electron chi connectivity index (χ3n) is 5.09. The summed E-state index contributed by atoms with van der Waals surface area (Å²) in [5.74, 6) is 0.959. The van der Waals surface area contributed by atoms with Crippen LogP contribution in [0.15, 0.2) is 48.5 Å². The van der Waals surface area contributed by atoms with E-state index in [0.717, 1.165) is 17.7 Å². The van der Waals surface area contributed by atoms with Crippen LogP contribution in [0.5, 0.6) is 11.5 Å². The van der Waals surface area contributed by atoms with Crippen molar-refractivity contribution in [2.75, 3.05) is 13.7 Å². The molecule has 0 bridgehead atoms. The van der Waals surface area contributed by atoms with Gasteiger partial charge < -0.3 is 19.7 Å². The van der Waals surface area contributed by atoms with E-state index in [1.165, 1.54) is 5.56 Å². The van der Waals surface area contributed by atoms with Gasteiger partial charge in [-0.3, -0.25) is 9.59 Å². The molecule has 6 nitrogen and oxygen atoms in total. The quantitative estimate of drug-likeness (QED) is 0.596. The summed E-state index contributed by atoms with van der Waals surface area (Å²) in [4.78, 5) is 27.8. The minimum absolute atomic E-state index is 0.138. The fourth-order valence-corrected chi connectivity index (χ4v) is 3.35. The number of rotatable bonds is 10. The lowest BCUT2D eigenvalue weighted by Crippen LogP contribution is -2.54. The topological polar surface area (TPSA) is 67.9 Å². The molecular formula is C26H36N2O4. The van der Waals surface area contributed by atoms with Crippen molar-refractivity contribution in [2.24, 2.45) is 0 Å². The van der Waals surface area contributed by atoms with E-state index < -0.39 is 11.6 Å².